The van der Waals surface area contributed by atoms with Crippen LogP contribution in [0.4, 0.5) is 0 Å². The number of hydrogen-bond donors (Lipinski definition) is 1. The van der Waals surface area contributed by atoms with Gasteiger partial charge in [-0.2, -0.15) is 11.8 Å². The molecule has 0 aromatic heterocycles. The Morgan fingerprint density at radius 3 is 2.94 bits per heavy atom. The van der Waals surface area contributed by atoms with Gasteiger partial charge >= 0.3 is 0 Å². The Labute approximate surface area is 103 Å². The Morgan fingerprint density at radius 1 is 1.44 bits per heavy atom. The van der Waals surface area contributed by atoms with E-state index in [1.54, 1.807) is 12.2 Å². The lowest BCUT2D eigenvalue weighted by Crippen LogP contribution is -2.37. The van der Waals surface area contributed by atoms with Gasteiger partial charge in [-0.1, -0.05) is 31.6 Å². The summed E-state index contributed by atoms with van der Waals surface area (Å²) in [6.45, 7) is 4.11. The Kier molecular flexibility index (Phi) is 6.31. The van der Waals surface area contributed by atoms with E-state index in [1.807, 2.05) is 30.8 Å². The first-order chi connectivity index (χ1) is 7.77. The molecule has 3 heteroatoms. The third-order valence-electron chi connectivity index (χ3n) is 2.71. The molecule has 0 aromatic rings. The second-order valence-corrected chi connectivity index (χ2v) is 5.44. The van der Waals surface area contributed by atoms with Crippen molar-refractivity contribution in [1.29, 1.82) is 0 Å². The summed E-state index contributed by atoms with van der Waals surface area (Å²) < 4.78 is 0. The standard InChI is InChI=1S/C13H21NOS/c1-3-5-6-10-13(15)14-11-8-7-9-12(11)16-4-2/h3,5-6,10-12H,4,7-9H2,1-2H3,(H,14,15). The molecule has 0 aromatic carbocycles. The molecule has 2 nitrogen and oxygen atoms in total. The van der Waals surface area contributed by atoms with Gasteiger partial charge in [0.05, 0.1) is 0 Å². The third-order valence-corrected chi connectivity index (χ3v) is 4.04. The first-order valence-corrected chi connectivity index (χ1v) is 7.04. The fourth-order valence-electron chi connectivity index (χ4n) is 1.99. The van der Waals surface area contributed by atoms with E-state index < -0.39 is 0 Å². The van der Waals surface area contributed by atoms with E-state index >= 15 is 0 Å². The van der Waals surface area contributed by atoms with E-state index in [9.17, 15) is 4.79 Å². The molecule has 0 heterocycles. The smallest absolute Gasteiger partial charge is 0.244 e. The molecule has 0 saturated heterocycles. The Bertz CT molecular complexity index is 273. The number of carbonyl (C=O) groups is 1. The molecule has 2 unspecified atom stereocenters. The Morgan fingerprint density at radius 2 is 2.25 bits per heavy atom. The molecule has 1 N–H and O–H groups in total. The van der Waals surface area contributed by atoms with Crippen LogP contribution in [0.1, 0.15) is 33.1 Å². The van der Waals surface area contributed by atoms with E-state index in [0.717, 1.165) is 12.2 Å². The van der Waals surface area contributed by atoms with Crippen molar-refractivity contribution in [1.82, 2.24) is 5.32 Å². The van der Waals surface area contributed by atoms with Gasteiger partial charge in [0, 0.05) is 17.4 Å². The summed E-state index contributed by atoms with van der Waals surface area (Å²) in [4.78, 5) is 11.6. The molecule has 1 amide bonds. The maximum absolute atomic E-state index is 11.6. The van der Waals surface area contributed by atoms with Crippen molar-refractivity contribution >= 4 is 17.7 Å². The quantitative estimate of drug-likeness (QED) is 0.590. The van der Waals surface area contributed by atoms with Gasteiger partial charge < -0.3 is 5.32 Å². The predicted octanol–water partition coefficient (Wildman–Crippen LogP) is 2.91. The second-order valence-electron chi connectivity index (χ2n) is 3.92. The van der Waals surface area contributed by atoms with E-state index in [-0.39, 0.29) is 5.91 Å². The van der Waals surface area contributed by atoms with E-state index in [2.05, 4.69) is 12.2 Å². The molecular weight excluding hydrogens is 218 g/mol. The van der Waals surface area contributed by atoms with Crippen LogP contribution in [0.3, 0.4) is 0 Å². The maximum atomic E-state index is 11.6. The van der Waals surface area contributed by atoms with Crippen molar-refractivity contribution in [3.63, 3.8) is 0 Å². The van der Waals surface area contributed by atoms with Gasteiger partial charge in [-0.15, -0.1) is 0 Å². The van der Waals surface area contributed by atoms with E-state index in [1.165, 1.54) is 12.8 Å². The second kappa shape index (κ2) is 7.55. The zero-order valence-corrected chi connectivity index (χ0v) is 10.9. The van der Waals surface area contributed by atoms with Crippen LogP contribution in [-0.4, -0.2) is 23.0 Å². The molecule has 1 rings (SSSR count). The number of nitrogens with one attached hydrogen (secondary N) is 1. The molecule has 0 radical (unpaired) electrons. The lowest BCUT2D eigenvalue weighted by atomic mass is 10.2. The van der Waals surface area contributed by atoms with E-state index in [4.69, 9.17) is 0 Å². The van der Waals surface area contributed by atoms with Crippen molar-refractivity contribution in [2.75, 3.05) is 5.75 Å². The first kappa shape index (κ1) is 13.4. The molecule has 0 spiro atoms. The van der Waals surface area contributed by atoms with Crippen LogP contribution >= 0.6 is 11.8 Å². The average molecular weight is 239 g/mol. The van der Waals surface area contributed by atoms with Crippen LogP contribution in [0, 0.1) is 0 Å². The molecule has 16 heavy (non-hydrogen) atoms. The monoisotopic (exact) mass is 239 g/mol. The molecule has 1 aliphatic carbocycles. The predicted molar refractivity (Wildman–Crippen MR) is 71.7 cm³/mol. The average Bonchev–Trinajstić information content (AvgIpc) is 2.67. The normalized spacial score (nSPS) is 25.6. The number of carbonyl (C=O) groups excluding carboxylic acids is 1. The van der Waals surface area contributed by atoms with Crippen LogP contribution < -0.4 is 5.32 Å². The van der Waals surface area contributed by atoms with Gasteiger partial charge in [0.15, 0.2) is 0 Å². The highest BCUT2D eigenvalue weighted by Gasteiger charge is 2.27. The third kappa shape index (κ3) is 4.44. The summed E-state index contributed by atoms with van der Waals surface area (Å²) in [6.07, 6.45) is 10.8. The maximum Gasteiger partial charge on any atom is 0.244 e. The molecule has 1 saturated carbocycles. The summed E-state index contributed by atoms with van der Waals surface area (Å²) >= 11 is 1.96. The summed E-state index contributed by atoms with van der Waals surface area (Å²) in [5.74, 6) is 1.16. The Balaban J connectivity index is 2.37. The molecular formula is C13H21NOS. The molecule has 0 aliphatic heterocycles. The largest absolute Gasteiger partial charge is 0.349 e. The highest BCUT2D eigenvalue weighted by molar-refractivity contribution is 7.99. The topological polar surface area (TPSA) is 29.1 Å². The lowest BCUT2D eigenvalue weighted by Gasteiger charge is -2.19. The summed E-state index contributed by atoms with van der Waals surface area (Å²) in [6, 6.07) is 0.368. The fraction of sp³-hybridized carbons (Fsp3) is 0.615. The lowest BCUT2D eigenvalue weighted by molar-refractivity contribution is -0.117. The van der Waals surface area contributed by atoms with Crippen molar-refractivity contribution in [3.05, 3.63) is 24.3 Å². The van der Waals surface area contributed by atoms with Gasteiger partial charge in [0.25, 0.3) is 0 Å². The van der Waals surface area contributed by atoms with Crippen molar-refractivity contribution < 1.29 is 4.79 Å². The minimum Gasteiger partial charge on any atom is -0.349 e. The van der Waals surface area contributed by atoms with Gasteiger partial charge in [-0.3, -0.25) is 4.79 Å². The number of hydrogen-bond acceptors (Lipinski definition) is 2. The number of allylic oxidation sites excluding steroid dienone is 3. The van der Waals surface area contributed by atoms with Gasteiger partial charge in [0.1, 0.15) is 0 Å². The van der Waals surface area contributed by atoms with Gasteiger partial charge in [-0.05, 0) is 25.5 Å². The summed E-state index contributed by atoms with van der Waals surface area (Å²) in [5.41, 5.74) is 0. The van der Waals surface area contributed by atoms with Gasteiger partial charge in [-0.25, -0.2) is 0 Å². The van der Waals surface area contributed by atoms with Crippen molar-refractivity contribution in [2.45, 2.75) is 44.4 Å². The van der Waals surface area contributed by atoms with Crippen LogP contribution in [0.15, 0.2) is 24.3 Å². The van der Waals surface area contributed by atoms with Crippen LogP contribution in [0.5, 0.6) is 0 Å². The molecule has 2 atom stereocenters. The molecule has 0 bridgehead atoms. The minimum atomic E-state index is 0.0340. The van der Waals surface area contributed by atoms with E-state index in [0.29, 0.717) is 11.3 Å². The fourth-order valence-corrected chi connectivity index (χ4v) is 3.19. The van der Waals surface area contributed by atoms with Crippen LogP contribution in [0.2, 0.25) is 0 Å². The number of rotatable bonds is 5. The molecule has 1 fully saturated rings. The zero-order chi connectivity index (χ0) is 11.8. The molecule has 90 valence electrons. The van der Waals surface area contributed by atoms with Crippen LogP contribution in [0.25, 0.3) is 0 Å². The van der Waals surface area contributed by atoms with Crippen LogP contribution in [-0.2, 0) is 4.79 Å². The minimum absolute atomic E-state index is 0.0340. The Hall–Kier alpha value is -0.700. The highest BCUT2D eigenvalue weighted by Crippen LogP contribution is 2.29. The van der Waals surface area contributed by atoms with Gasteiger partial charge in [0.2, 0.25) is 5.91 Å². The van der Waals surface area contributed by atoms with Crippen molar-refractivity contribution in [2.24, 2.45) is 0 Å². The number of thioether (sulfide) groups is 1. The number of amides is 1. The first-order valence-electron chi connectivity index (χ1n) is 5.99. The van der Waals surface area contributed by atoms with Crippen molar-refractivity contribution in [3.8, 4) is 0 Å². The molecule has 1 aliphatic rings. The zero-order valence-electron chi connectivity index (χ0n) is 10.1. The SMILES string of the molecule is CC=CC=CC(=O)NC1CCCC1SCC. The summed E-state index contributed by atoms with van der Waals surface area (Å²) in [5, 5.41) is 3.71. The summed E-state index contributed by atoms with van der Waals surface area (Å²) in [7, 11) is 0. The highest BCUT2D eigenvalue weighted by atomic mass is 32.2.